The van der Waals surface area contributed by atoms with E-state index in [1.165, 1.54) is 12.1 Å². The number of carbonyl (C=O) groups is 2. The molecule has 0 saturated heterocycles. The summed E-state index contributed by atoms with van der Waals surface area (Å²) in [7, 11) is 3.57. The van der Waals surface area contributed by atoms with Crippen LogP contribution in [0.3, 0.4) is 0 Å². The Kier molecular flexibility index (Phi) is 6.10. The van der Waals surface area contributed by atoms with Gasteiger partial charge in [-0.25, -0.2) is 0 Å². The van der Waals surface area contributed by atoms with Gasteiger partial charge in [0.05, 0.1) is 11.1 Å². The van der Waals surface area contributed by atoms with Crippen LogP contribution in [0.15, 0.2) is 42.5 Å². The van der Waals surface area contributed by atoms with Crippen molar-refractivity contribution in [3.8, 4) is 0 Å². The molecule has 156 valence electrons. The largest absolute Gasteiger partial charge is 0.416 e. The minimum Gasteiger partial charge on any atom is -0.378 e. The third-order valence-electron chi connectivity index (χ3n) is 3.69. The fourth-order valence-corrected chi connectivity index (χ4v) is 2.25. The first-order valence-electron chi connectivity index (χ1n) is 7.96. The smallest absolute Gasteiger partial charge is 0.378 e. The molecule has 0 atom stereocenters. The highest BCUT2D eigenvalue weighted by atomic mass is 19.4. The summed E-state index contributed by atoms with van der Waals surface area (Å²) in [4.78, 5) is 25.6. The Morgan fingerprint density at radius 3 is 1.52 bits per heavy atom. The molecule has 2 rings (SSSR count). The van der Waals surface area contributed by atoms with Crippen LogP contribution in [0.5, 0.6) is 0 Å². The molecule has 0 unspecified atom stereocenters. The van der Waals surface area contributed by atoms with Gasteiger partial charge in [-0.05, 0) is 42.5 Å². The van der Waals surface area contributed by atoms with Gasteiger partial charge in [-0.15, -0.1) is 0 Å². The van der Waals surface area contributed by atoms with Crippen LogP contribution in [0.1, 0.15) is 11.1 Å². The van der Waals surface area contributed by atoms with E-state index in [1.807, 2.05) is 0 Å². The van der Waals surface area contributed by atoms with Crippen LogP contribution in [-0.4, -0.2) is 25.9 Å². The van der Waals surface area contributed by atoms with Gasteiger partial charge in [0, 0.05) is 31.2 Å². The van der Waals surface area contributed by atoms with E-state index in [1.54, 1.807) is 36.4 Å². The monoisotopic (exact) mass is 419 g/mol. The first-order valence-corrected chi connectivity index (χ1v) is 7.96. The normalized spacial score (nSPS) is 11.7. The predicted molar refractivity (Wildman–Crippen MR) is 94.5 cm³/mol. The zero-order valence-electron chi connectivity index (χ0n) is 15.1. The van der Waals surface area contributed by atoms with Gasteiger partial charge in [0.1, 0.15) is 0 Å². The minimum absolute atomic E-state index is 0.0813. The molecule has 2 N–H and O–H groups in total. The Hall–Kier alpha value is -3.24. The molecule has 11 heteroatoms. The number of hydrogen-bond acceptors (Lipinski definition) is 3. The summed E-state index contributed by atoms with van der Waals surface area (Å²) in [5.41, 5.74) is -3.01. The van der Waals surface area contributed by atoms with Gasteiger partial charge < -0.3 is 15.5 Å². The van der Waals surface area contributed by atoms with Crippen LogP contribution < -0.4 is 15.5 Å². The lowest BCUT2D eigenvalue weighted by Gasteiger charge is -2.15. The summed E-state index contributed by atoms with van der Waals surface area (Å²) in [6.45, 7) is 0. The van der Waals surface area contributed by atoms with E-state index >= 15 is 0 Å². The Morgan fingerprint density at radius 2 is 1.14 bits per heavy atom. The summed E-state index contributed by atoms with van der Waals surface area (Å²) in [5, 5.41) is 3.96. The van der Waals surface area contributed by atoms with Crippen LogP contribution in [0.25, 0.3) is 0 Å². The molecule has 0 spiro atoms. The second kappa shape index (κ2) is 8.02. The maximum Gasteiger partial charge on any atom is 0.416 e. The maximum absolute atomic E-state index is 12.8. The van der Waals surface area contributed by atoms with Gasteiger partial charge in [-0.2, -0.15) is 26.3 Å². The molecule has 29 heavy (non-hydrogen) atoms. The highest BCUT2D eigenvalue weighted by Crippen LogP contribution is 2.37. The van der Waals surface area contributed by atoms with Crippen molar-refractivity contribution in [2.75, 3.05) is 29.6 Å². The molecule has 0 radical (unpaired) electrons. The highest BCUT2D eigenvalue weighted by Gasteiger charge is 2.37. The third-order valence-corrected chi connectivity index (χ3v) is 3.69. The van der Waals surface area contributed by atoms with Crippen LogP contribution in [0.2, 0.25) is 0 Å². The molecule has 5 nitrogen and oxygen atoms in total. The van der Waals surface area contributed by atoms with E-state index in [2.05, 4.69) is 5.32 Å². The first-order chi connectivity index (χ1) is 13.3. The van der Waals surface area contributed by atoms with E-state index in [4.69, 9.17) is 0 Å². The van der Waals surface area contributed by atoms with Crippen molar-refractivity contribution in [1.82, 2.24) is 0 Å². The molecule has 0 heterocycles. The van der Waals surface area contributed by atoms with E-state index in [0.29, 0.717) is 12.1 Å². The number of rotatable bonds is 3. The minimum atomic E-state index is -5.07. The van der Waals surface area contributed by atoms with Crippen molar-refractivity contribution in [3.05, 3.63) is 53.6 Å². The van der Waals surface area contributed by atoms with Crippen LogP contribution in [0, 0.1) is 0 Å². The topological polar surface area (TPSA) is 61.4 Å². The van der Waals surface area contributed by atoms with E-state index in [-0.39, 0.29) is 11.8 Å². The maximum atomic E-state index is 12.8. The lowest BCUT2D eigenvalue weighted by Crippen LogP contribution is -2.29. The third kappa shape index (κ3) is 5.87. The number of anilines is 3. The molecular formula is C18H15F6N3O2. The molecule has 0 aliphatic heterocycles. The standard InChI is InChI=1S/C18H15F6N3O2/c1-27(2)14-5-3-12(4-6-14)25-15(28)16(29)26-13-8-10(17(19,20)21)7-11(9-13)18(22,23)24/h3-9H,1-2H3,(H,25,28)(H,26,29). The van der Waals surface area contributed by atoms with Gasteiger partial charge in [-0.3, -0.25) is 9.59 Å². The van der Waals surface area contributed by atoms with Crippen molar-refractivity contribution in [2.24, 2.45) is 0 Å². The fourth-order valence-electron chi connectivity index (χ4n) is 2.25. The first kappa shape index (κ1) is 22.1. The zero-order valence-corrected chi connectivity index (χ0v) is 15.1. The number of nitrogens with zero attached hydrogens (tertiary/aromatic N) is 1. The van der Waals surface area contributed by atoms with Gasteiger partial charge >= 0.3 is 24.2 Å². The molecule has 0 fully saturated rings. The van der Waals surface area contributed by atoms with Crippen molar-refractivity contribution in [3.63, 3.8) is 0 Å². The molecule has 0 saturated carbocycles. The van der Waals surface area contributed by atoms with E-state index in [0.717, 1.165) is 5.69 Å². The van der Waals surface area contributed by atoms with E-state index in [9.17, 15) is 35.9 Å². The summed E-state index contributed by atoms with van der Waals surface area (Å²) in [5.74, 6) is -2.68. The average Bonchev–Trinajstić information content (AvgIpc) is 2.60. The number of carbonyl (C=O) groups excluding carboxylic acids is 2. The quantitative estimate of drug-likeness (QED) is 0.574. The van der Waals surface area contributed by atoms with Crippen LogP contribution >= 0.6 is 0 Å². The van der Waals surface area contributed by atoms with Gasteiger partial charge in [0.15, 0.2) is 0 Å². The zero-order chi connectivity index (χ0) is 22.0. The van der Waals surface area contributed by atoms with Gasteiger partial charge in [-0.1, -0.05) is 0 Å². The second-order valence-electron chi connectivity index (χ2n) is 6.14. The molecule has 2 aromatic rings. The molecular weight excluding hydrogens is 404 g/mol. The lowest BCUT2D eigenvalue weighted by atomic mass is 10.1. The van der Waals surface area contributed by atoms with E-state index < -0.39 is 41.0 Å². The van der Waals surface area contributed by atoms with Crippen LogP contribution in [0.4, 0.5) is 43.4 Å². The Bertz CT molecular complexity index is 873. The fraction of sp³-hybridized carbons (Fsp3) is 0.222. The summed E-state index contributed by atoms with van der Waals surface area (Å²) in [6.07, 6.45) is -10.1. The molecule has 0 aliphatic carbocycles. The van der Waals surface area contributed by atoms with Crippen molar-refractivity contribution in [2.45, 2.75) is 12.4 Å². The molecule has 2 amide bonds. The Labute approximate surface area is 161 Å². The SMILES string of the molecule is CN(C)c1ccc(NC(=O)C(=O)Nc2cc(C(F)(F)F)cc(C(F)(F)F)c2)cc1. The summed E-state index contributed by atoms with van der Waals surface area (Å²) in [6, 6.07) is 6.77. The number of nitrogens with one attached hydrogen (secondary N) is 2. The van der Waals surface area contributed by atoms with Crippen LogP contribution in [-0.2, 0) is 21.9 Å². The summed E-state index contributed by atoms with van der Waals surface area (Å²) < 4.78 is 77.1. The highest BCUT2D eigenvalue weighted by molar-refractivity contribution is 6.43. The Balaban J connectivity index is 2.19. The average molecular weight is 419 g/mol. The number of alkyl halides is 6. The summed E-state index contributed by atoms with van der Waals surface area (Å²) >= 11 is 0. The number of halogens is 6. The van der Waals surface area contributed by atoms with Crippen molar-refractivity contribution in [1.29, 1.82) is 0 Å². The molecule has 0 bridgehead atoms. The number of amides is 2. The second-order valence-corrected chi connectivity index (χ2v) is 6.14. The predicted octanol–water partition coefficient (Wildman–Crippen LogP) is 4.37. The molecule has 0 aliphatic rings. The number of benzene rings is 2. The number of hydrogen-bond donors (Lipinski definition) is 2. The van der Waals surface area contributed by atoms with Crippen molar-refractivity contribution >= 4 is 28.9 Å². The van der Waals surface area contributed by atoms with Gasteiger partial charge in [0.2, 0.25) is 0 Å². The van der Waals surface area contributed by atoms with Gasteiger partial charge in [0.25, 0.3) is 0 Å². The van der Waals surface area contributed by atoms with Crippen molar-refractivity contribution < 1.29 is 35.9 Å². The lowest BCUT2D eigenvalue weighted by molar-refractivity contribution is -0.143. The molecule has 0 aromatic heterocycles. The Morgan fingerprint density at radius 1 is 0.724 bits per heavy atom. The molecule has 2 aromatic carbocycles.